The lowest BCUT2D eigenvalue weighted by molar-refractivity contribution is -0.156. The molecule has 2 rings (SSSR count). The van der Waals surface area contributed by atoms with Gasteiger partial charge in [-0.15, -0.1) is 0 Å². The largest absolute Gasteiger partial charge is 0.372 e. The predicted molar refractivity (Wildman–Crippen MR) is 75.8 cm³/mol. The Hall–Kier alpha value is -0.120. The fourth-order valence-corrected chi connectivity index (χ4v) is 4.47. The number of nitrogens with one attached hydrogen (secondary N) is 2. The van der Waals surface area contributed by atoms with Gasteiger partial charge in [-0.3, -0.25) is 0 Å². The number of rotatable bonds is 1. The maximum absolute atomic E-state index is 6.35. The lowest BCUT2D eigenvalue weighted by Gasteiger charge is -2.57. The lowest BCUT2D eigenvalue weighted by Crippen LogP contribution is -2.71. The second-order valence-electron chi connectivity index (χ2n) is 7.84. The second-order valence-corrected chi connectivity index (χ2v) is 7.84. The molecule has 0 radical (unpaired) electrons. The average molecular weight is 254 g/mol. The number of hydrogen-bond donors (Lipinski definition) is 2. The van der Waals surface area contributed by atoms with Gasteiger partial charge >= 0.3 is 0 Å². The van der Waals surface area contributed by atoms with Crippen LogP contribution in [0.4, 0.5) is 0 Å². The van der Waals surface area contributed by atoms with Gasteiger partial charge in [0.1, 0.15) is 0 Å². The van der Waals surface area contributed by atoms with Crippen molar-refractivity contribution in [2.75, 3.05) is 13.2 Å². The highest BCUT2D eigenvalue weighted by Gasteiger charge is 2.53. The minimum absolute atomic E-state index is 0.00926. The normalized spacial score (nSPS) is 33.8. The van der Waals surface area contributed by atoms with Gasteiger partial charge in [-0.2, -0.15) is 0 Å². The Labute approximate surface area is 112 Å². The Morgan fingerprint density at radius 1 is 1.06 bits per heavy atom. The monoisotopic (exact) mass is 254 g/mol. The molecule has 3 heteroatoms. The molecular weight excluding hydrogens is 224 g/mol. The van der Waals surface area contributed by atoms with E-state index >= 15 is 0 Å². The second kappa shape index (κ2) is 4.46. The van der Waals surface area contributed by atoms with Crippen molar-refractivity contribution in [3.05, 3.63) is 0 Å². The molecule has 2 N–H and O–H groups in total. The molecule has 2 aliphatic heterocycles. The van der Waals surface area contributed by atoms with Crippen LogP contribution < -0.4 is 10.6 Å². The molecule has 3 nitrogen and oxygen atoms in total. The minimum atomic E-state index is -0.00926. The van der Waals surface area contributed by atoms with Crippen molar-refractivity contribution >= 4 is 0 Å². The van der Waals surface area contributed by atoms with E-state index in [4.69, 9.17) is 4.74 Å². The summed E-state index contributed by atoms with van der Waals surface area (Å²) in [5.41, 5.74) is 0.256. The van der Waals surface area contributed by atoms with Crippen LogP contribution in [-0.4, -0.2) is 35.9 Å². The lowest BCUT2D eigenvalue weighted by atomic mass is 9.67. The van der Waals surface area contributed by atoms with E-state index in [-0.39, 0.29) is 16.7 Å². The number of piperidine rings is 1. The Bertz CT molecular complexity index is 294. The van der Waals surface area contributed by atoms with E-state index in [0.717, 1.165) is 26.0 Å². The Kier molecular flexibility index (Phi) is 3.54. The van der Waals surface area contributed by atoms with Crippen LogP contribution >= 0.6 is 0 Å². The molecule has 0 aromatic rings. The molecule has 18 heavy (non-hydrogen) atoms. The third kappa shape index (κ3) is 2.73. The van der Waals surface area contributed by atoms with Gasteiger partial charge in [-0.25, -0.2) is 0 Å². The van der Waals surface area contributed by atoms with Crippen LogP contribution in [0.2, 0.25) is 0 Å². The summed E-state index contributed by atoms with van der Waals surface area (Å²) >= 11 is 0. The topological polar surface area (TPSA) is 33.3 Å². The molecule has 0 aliphatic carbocycles. The van der Waals surface area contributed by atoms with Crippen LogP contribution in [-0.2, 0) is 4.74 Å². The van der Waals surface area contributed by atoms with Crippen molar-refractivity contribution in [3.63, 3.8) is 0 Å². The van der Waals surface area contributed by atoms with E-state index in [2.05, 4.69) is 52.2 Å². The summed E-state index contributed by atoms with van der Waals surface area (Å²) in [5.74, 6) is 0.606. The predicted octanol–water partition coefficient (Wildman–Crippen LogP) is 2.31. The first-order chi connectivity index (χ1) is 8.16. The third-order valence-corrected chi connectivity index (χ3v) is 4.25. The maximum Gasteiger partial charge on any atom is 0.0872 e. The molecule has 0 aromatic carbocycles. The highest BCUT2D eigenvalue weighted by Crippen LogP contribution is 2.43. The van der Waals surface area contributed by atoms with Crippen molar-refractivity contribution in [2.24, 2.45) is 5.92 Å². The fraction of sp³-hybridized carbons (Fsp3) is 1.00. The standard InChI is InChI=1S/C15H30N2O/c1-11(2)12-15(18-8-7-16-12)9-13(3,4)17-14(5,6)10-15/h11-12,16-17H,7-10H2,1-6H3. The first-order valence-electron chi connectivity index (χ1n) is 7.33. The average Bonchev–Trinajstić information content (AvgIpc) is 2.11. The molecule has 106 valence electrons. The smallest absolute Gasteiger partial charge is 0.0872 e. The van der Waals surface area contributed by atoms with Gasteiger partial charge in [-0.1, -0.05) is 13.8 Å². The third-order valence-electron chi connectivity index (χ3n) is 4.25. The summed E-state index contributed by atoms with van der Waals surface area (Å²) in [6.07, 6.45) is 2.17. The zero-order chi connectivity index (χ0) is 13.6. The van der Waals surface area contributed by atoms with Gasteiger partial charge in [0.2, 0.25) is 0 Å². The van der Waals surface area contributed by atoms with Crippen molar-refractivity contribution in [1.82, 2.24) is 10.6 Å². The van der Waals surface area contributed by atoms with E-state index in [1.54, 1.807) is 0 Å². The first kappa shape index (κ1) is 14.3. The molecule has 2 fully saturated rings. The summed E-state index contributed by atoms with van der Waals surface area (Å²) in [6, 6.07) is 0.465. The molecule has 0 bridgehead atoms. The van der Waals surface area contributed by atoms with Crippen LogP contribution in [0.15, 0.2) is 0 Å². The van der Waals surface area contributed by atoms with Crippen LogP contribution in [0.25, 0.3) is 0 Å². The first-order valence-corrected chi connectivity index (χ1v) is 7.33. The van der Waals surface area contributed by atoms with Gasteiger partial charge in [0.15, 0.2) is 0 Å². The summed E-state index contributed by atoms with van der Waals surface area (Å²) in [4.78, 5) is 0. The van der Waals surface area contributed by atoms with Crippen LogP contribution in [0.3, 0.4) is 0 Å². The minimum Gasteiger partial charge on any atom is -0.372 e. The quantitative estimate of drug-likeness (QED) is 0.753. The highest BCUT2D eigenvalue weighted by atomic mass is 16.5. The summed E-state index contributed by atoms with van der Waals surface area (Å²) in [6.45, 7) is 15.6. The maximum atomic E-state index is 6.35. The molecule has 0 amide bonds. The number of morpholine rings is 1. The van der Waals surface area contributed by atoms with E-state index in [1.807, 2.05) is 0 Å². The van der Waals surface area contributed by atoms with Gasteiger partial charge in [0, 0.05) is 23.7 Å². The summed E-state index contributed by atoms with van der Waals surface area (Å²) < 4.78 is 6.35. The van der Waals surface area contributed by atoms with E-state index < -0.39 is 0 Å². The molecule has 2 heterocycles. The highest BCUT2D eigenvalue weighted by molar-refractivity contribution is 5.11. The van der Waals surface area contributed by atoms with E-state index in [0.29, 0.717) is 12.0 Å². The molecule has 2 aliphatic rings. The number of ether oxygens (including phenoxy) is 1. The van der Waals surface area contributed by atoms with Gasteiger partial charge < -0.3 is 15.4 Å². The molecule has 0 saturated carbocycles. The Morgan fingerprint density at radius 3 is 2.11 bits per heavy atom. The molecule has 1 spiro atoms. The summed E-state index contributed by atoms with van der Waals surface area (Å²) in [5, 5.41) is 7.46. The van der Waals surface area contributed by atoms with Gasteiger partial charge in [0.25, 0.3) is 0 Å². The van der Waals surface area contributed by atoms with Crippen LogP contribution in [0.1, 0.15) is 54.4 Å². The molecule has 1 atom stereocenters. The van der Waals surface area contributed by atoms with Gasteiger partial charge in [-0.05, 0) is 46.5 Å². The SMILES string of the molecule is CC(C)C1NCCOC12CC(C)(C)NC(C)(C)C2. The Morgan fingerprint density at radius 2 is 1.61 bits per heavy atom. The molecule has 0 aromatic heterocycles. The summed E-state index contributed by atoms with van der Waals surface area (Å²) in [7, 11) is 0. The van der Waals surface area contributed by atoms with Crippen molar-refractivity contribution in [1.29, 1.82) is 0 Å². The fourth-order valence-electron chi connectivity index (χ4n) is 4.47. The van der Waals surface area contributed by atoms with E-state index in [9.17, 15) is 0 Å². The number of hydrogen-bond acceptors (Lipinski definition) is 3. The van der Waals surface area contributed by atoms with Crippen molar-refractivity contribution < 1.29 is 4.74 Å². The molecular formula is C15H30N2O. The van der Waals surface area contributed by atoms with E-state index in [1.165, 1.54) is 0 Å². The zero-order valence-corrected chi connectivity index (χ0v) is 12.9. The van der Waals surface area contributed by atoms with Gasteiger partial charge in [0.05, 0.1) is 12.2 Å². The van der Waals surface area contributed by atoms with Crippen molar-refractivity contribution in [3.8, 4) is 0 Å². The Balaban J connectivity index is 2.31. The van der Waals surface area contributed by atoms with Crippen LogP contribution in [0.5, 0.6) is 0 Å². The molecule has 2 saturated heterocycles. The van der Waals surface area contributed by atoms with Crippen LogP contribution in [0, 0.1) is 5.92 Å². The molecule has 1 unspecified atom stereocenters. The van der Waals surface area contributed by atoms with Crippen molar-refractivity contribution in [2.45, 2.75) is 77.1 Å². The zero-order valence-electron chi connectivity index (χ0n) is 12.9.